The molecule has 144 valence electrons. The molecule has 7 heteroatoms. The predicted molar refractivity (Wildman–Crippen MR) is 109 cm³/mol. The average molecular weight is 405 g/mol. The summed E-state index contributed by atoms with van der Waals surface area (Å²) in [6.07, 6.45) is 4.78. The SMILES string of the molecule is O=C(CSc1ccc2ccccc2n1)N(C1CCCC1)[C@@H]1CCS(=O)(=O)C1. The van der Waals surface area contributed by atoms with Crippen LogP contribution in [0.25, 0.3) is 10.9 Å². The number of carbonyl (C=O) groups excluding carboxylic acids is 1. The van der Waals surface area contributed by atoms with E-state index in [0.717, 1.165) is 41.6 Å². The van der Waals surface area contributed by atoms with E-state index in [4.69, 9.17) is 0 Å². The number of carbonyl (C=O) groups is 1. The summed E-state index contributed by atoms with van der Waals surface area (Å²) >= 11 is 1.44. The number of fused-ring (bicyclic) bond motifs is 1. The fraction of sp³-hybridized carbons (Fsp3) is 0.500. The smallest absolute Gasteiger partial charge is 0.233 e. The Morgan fingerprint density at radius 2 is 1.85 bits per heavy atom. The zero-order valence-electron chi connectivity index (χ0n) is 15.2. The molecule has 2 aliphatic rings. The number of thioether (sulfide) groups is 1. The molecule has 27 heavy (non-hydrogen) atoms. The van der Waals surface area contributed by atoms with E-state index in [9.17, 15) is 13.2 Å². The lowest BCUT2D eigenvalue weighted by atomic mass is 10.1. The Bertz CT molecular complexity index is 939. The summed E-state index contributed by atoms with van der Waals surface area (Å²) in [6.45, 7) is 0. The third-order valence-corrected chi connectivity index (χ3v) is 8.19. The Balaban J connectivity index is 1.47. The van der Waals surface area contributed by atoms with Crippen molar-refractivity contribution in [2.75, 3.05) is 17.3 Å². The van der Waals surface area contributed by atoms with Gasteiger partial charge in [0.2, 0.25) is 5.91 Å². The Labute approximate surface area is 164 Å². The molecule has 1 aromatic heterocycles. The van der Waals surface area contributed by atoms with Crippen molar-refractivity contribution < 1.29 is 13.2 Å². The van der Waals surface area contributed by atoms with E-state index in [-0.39, 0.29) is 29.5 Å². The van der Waals surface area contributed by atoms with Gasteiger partial charge in [0.25, 0.3) is 0 Å². The van der Waals surface area contributed by atoms with Gasteiger partial charge in [-0.15, -0.1) is 0 Å². The third kappa shape index (κ3) is 4.29. The number of aromatic nitrogens is 1. The Morgan fingerprint density at radius 1 is 1.07 bits per heavy atom. The minimum atomic E-state index is -3.01. The number of benzene rings is 1. The van der Waals surface area contributed by atoms with Crippen molar-refractivity contribution in [2.24, 2.45) is 0 Å². The molecular weight excluding hydrogens is 380 g/mol. The summed E-state index contributed by atoms with van der Waals surface area (Å²) in [4.78, 5) is 19.6. The van der Waals surface area contributed by atoms with Gasteiger partial charge < -0.3 is 4.90 Å². The fourth-order valence-corrected chi connectivity index (χ4v) is 6.68. The van der Waals surface area contributed by atoms with Crippen molar-refractivity contribution in [3.05, 3.63) is 36.4 Å². The molecule has 0 bridgehead atoms. The number of hydrogen-bond donors (Lipinski definition) is 0. The Morgan fingerprint density at radius 3 is 2.59 bits per heavy atom. The third-order valence-electron chi connectivity index (χ3n) is 5.52. The van der Waals surface area contributed by atoms with Crippen LogP contribution in [0, 0.1) is 0 Å². The molecule has 2 heterocycles. The van der Waals surface area contributed by atoms with Crippen LogP contribution in [-0.2, 0) is 14.6 Å². The highest BCUT2D eigenvalue weighted by Crippen LogP contribution is 2.30. The highest BCUT2D eigenvalue weighted by molar-refractivity contribution is 7.99. The van der Waals surface area contributed by atoms with Gasteiger partial charge in [-0.05, 0) is 31.4 Å². The van der Waals surface area contributed by atoms with Crippen molar-refractivity contribution in [3.8, 4) is 0 Å². The van der Waals surface area contributed by atoms with E-state index in [1.165, 1.54) is 11.8 Å². The summed E-state index contributed by atoms with van der Waals surface area (Å²) in [5, 5.41) is 1.91. The van der Waals surface area contributed by atoms with E-state index in [2.05, 4.69) is 4.98 Å². The first kappa shape index (κ1) is 18.7. The molecule has 2 fully saturated rings. The number of hydrogen-bond acceptors (Lipinski definition) is 5. The maximum atomic E-state index is 13.0. The van der Waals surface area contributed by atoms with Gasteiger partial charge in [0.15, 0.2) is 9.84 Å². The molecule has 2 aromatic rings. The predicted octanol–water partition coefficient (Wildman–Crippen LogP) is 3.29. The van der Waals surface area contributed by atoms with Crippen LogP contribution in [0.3, 0.4) is 0 Å². The summed E-state index contributed by atoms with van der Waals surface area (Å²) in [6, 6.07) is 11.9. The quantitative estimate of drug-likeness (QED) is 0.716. The molecule has 1 atom stereocenters. The largest absolute Gasteiger partial charge is 0.335 e. The van der Waals surface area contributed by atoms with Gasteiger partial charge in [0.1, 0.15) is 0 Å². The number of pyridine rings is 1. The van der Waals surface area contributed by atoms with Crippen molar-refractivity contribution in [1.82, 2.24) is 9.88 Å². The Kier molecular flexibility index (Phi) is 5.41. The normalized spacial score (nSPS) is 22.3. The van der Waals surface area contributed by atoms with Gasteiger partial charge in [-0.25, -0.2) is 13.4 Å². The fourth-order valence-electron chi connectivity index (χ4n) is 4.22. The summed E-state index contributed by atoms with van der Waals surface area (Å²) in [5.41, 5.74) is 0.921. The second kappa shape index (κ2) is 7.80. The zero-order valence-corrected chi connectivity index (χ0v) is 16.8. The lowest BCUT2D eigenvalue weighted by Gasteiger charge is -2.34. The van der Waals surface area contributed by atoms with Crippen molar-refractivity contribution in [3.63, 3.8) is 0 Å². The molecular formula is C20H24N2O3S2. The molecule has 5 nitrogen and oxygen atoms in total. The minimum Gasteiger partial charge on any atom is -0.335 e. The van der Waals surface area contributed by atoms with Gasteiger partial charge in [-0.1, -0.05) is 48.9 Å². The molecule has 1 saturated carbocycles. The van der Waals surface area contributed by atoms with Crippen LogP contribution in [0.5, 0.6) is 0 Å². The molecule has 0 spiro atoms. The molecule has 0 radical (unpaired) electrons. The summed E-state index contributed by atoms with van der Waals surface area (Å²) in [7, 11) is -3.01. The molecule has 0 unspecified atom stereocenters. The molecule has 1 aliphatic carbocycles. The van der Waals surface area contributed by atoms with Crippen LogP contribution in [-0.4, -0.2) is 53.6 Å². The number of nitrogens with zero attached hydrogens (tertiary/aromatic N) is 2. The van der Waals surface area contributed by atoms with E-state index >= 15 is 0 Å². The molecule has 1 aliphatic heterocycles. The zero-order chi connectivity index (χ0) is 18.9. The lowest BCUT2D eigenvalue weighted by Crippen LogP contribution is -2.47. The van der Waals surface area contributed by atoms with Gasteiger partial charge >= 0.3 is 0 Å². The highest BCUT2D eigenvalue weighted by atomic mass is 32.2. The monoisotopic (exact) mass is 404 g/mol. The number of rotatable bonds is 5. The average Bonchev–Trinajstić information content (AvgIpc) is 3.30. The van der Waals surface area contributed by atoms with Crippen LogP contribution < -0.4 is 0 Å². The first-order valence-corrected chi connectivity index (χ1v) is 12.3. The lowest BCUT2D eigenvalue weighted by molar-refractivity contribution is -0.132. The van der Waals surface area contributed by atoms with Crippen LogP contribution in [0.2, 0.25) is 0 Å². The first-order chi connectivity index (χ1) is 13.0. The van der Waals surface area contributed by atoms with Gasteiger partial charge in [-0.2, -0.15) is 0 Å². The molecule has 0 N–H and O–H groups in total. The minimum absolute atomic E-state index is 0.0453. The standard InChI is InChI=1S/C20H24N2O3S2/c23-20(13-26-19-10-9-15-5-1-4-8-18(15)21-19)22(16-6-2-3-7-16)17-11-12-27(24,25)14-17/h1,4-5,8-10,16-17H,2-3,6-7,11-14H2/t17-/m1/s1. The second-order valence-electron chi connectivity index (χ2n) is 7.43. The molecule has 1 amide bonds. The molecule has 1 aromatic carbocycles. The van der Waals surface area contributed by atoms with Gasteiger partial charge in [0.05, 0.1) is 27.8 Å². The number of amides is 1. The van der Waals surface area contributed by atoms with Gasteiger partial charge in [0, 0.05) is 17.5 Å². The molecule has 4 rings (SSSR count). The maximum Gasteiger partial charge on any atom is 0.233 e. The van der Waals surface area contributed by atoms with E-state index < -0.39 is 9.84 Å². The van der Waals surface area contributed by atoms with Crippen molar-refractivity contribution in [2.45, 2.75) is 49.2 Å². The molecule has 1 saturated heterocycles. The summed E-state index contributed by atoms with van der Waals surface area (Å²) in [5.74, 6) is 0.670. The van der Waals surface area contributed by atoms with Crippen LogP contribution in [0.1, 0.15) is 32.1 Å². The number of sulfone groups is 1. The van der Waals surface area contributed by atoms with E-state index in [1.54, 1.807) is 0 Å². The number of para-hydroxylation sites is 1. The second-order valence-corrected chi connectivity index (χ2v) is 10.7. The van der Waals surface area contributed by atoms with Crippen LogP contribution >= 0.6 is 11.8 Å². The highest BCUT2D eigenvalue weighted by Gasteiger charge is 2.38. The van der Waals surface area contributed by atoms with Gasteiger partial charge in [-0.3, -0.25) is 4.79 Å². The topological polar surface area (TPSA) is 67.3 Å². The van der Waals surface area contributed by atoms with E-state index in [0.29, 0.717) is 12.2 Å². The Hall–Kier alpha value is -1.60. The maximum absolute atomic E-state index is 13.0. The van der Waals surface area contributed by atoms with Crippen LogP contribution in [0.15, 0.2) is 41.4 Å². The summed E-state index contributed by atoms with van der Waals surface area (Å²) < 4.78 is 23.9. The van der Waals surface area contributed by atoms with Crippen molar-refractivity contribution in [1.29, 1.82) is 0 Å². The van der Waals surface area contributed by atoms with Crippen LogP contribution in [0.4, 0.5) is 0 Å². The van der Waals surface area contributed by atoms with Crippen molar-refractivity contribution >= 4 is 38.4 Å². The first-order valence-electron chi connectivity index (χ1n) is 9.52. The van der Waals surface area contributed by atoms with E-state index in [1.807, 2.05) is 41.3 Å².